The third kappa shape index (κ3) is 6.58. The molecule has 0 bridgehead atoms. The van der Waals surface area contributed by atoms with E-state index in [2.05, 4.69) is 47.1 Å². The van der Waals surface area contributed by atoms with E-state index in [4.69, 9.17) is 9.72 Å². The molecule has 1 N–H and O–H groups in total. The number of aryl methyl sites for hydroxylation is 3. The maximum Gasteiger partial charge on any atom is 0.225 e. The van der Waals surface area contributed by atoms with Crippen LogP contribution in [0.25, 0.3) is 11.0 Å². The second-order valence-corrected chi connectivity index (χ2v) is 9.15. The van der Waals surface area contributed by atoms with Gasteiger partial charge in [0.2, 0.25) is 5.91 Å². The van der Waals surface area contributed by atoms with Crippen molar-refractivity contribution < 1.29 is 9.53 Å². The first-order valence-electron chi connectivity index (χ1n) is 11.3. The molecule has 0 fully saturated rings. The van der Waals surface area contributed by atoms with Crippen molar-refractivity contribution in [1.29, 1.82) is 0 Å². The summed E-state index contributed by atoms with van der Waals surface area (Å²) in [6, 6.07) is 16.5. The Bertz CT molecular complexity index is 1000. The monoisotopic (exact) mass is 421 g/mol. The van der Waals surface area contributed by atoms with Crippen molar-refractivity contribution in [3.63, 3.8) is 0 Å². The molecule has 0 aliphatic carbocycles. The van der Waals surface area contributed by atoms with Crippen LogP contribution in [0.3, 0.4) is 0 Å². The number of nitrogens with zero attached hydrogens (tertiary/aromatic N) is 2. The molecule has 5 heteroatoms. The van der Waals surface area contributed by atoms with Gasteiger partial charge < -0.3 is 14.6 Å². The normalized spacial score (nSPS) is 11.6. The highest BCUT2D eigenvalue weighted by Gasteiger charge is 2.20. The molecule has 0 atom stereocenters. The van der Waals surface area contributed by atoms with Gasteiger partial charge in [-0.15, -0.1) is 0 Å². The molecule has 5 nitrogen and oxygen atoms in total. The van der Waals surface area contributed by atoms with Gasteiger partial charge in [-0.25, -0.2) is 4.98 Å². The van der Waals surface area contributed by atoms with E-state index in [0.717, 1.165) is 49.3 Å². The summed E-state index contributed by atoms with van der Waals surface area (Å²) in [5.41, 5.74) is 3.07. The number of rotatable bonds is 10. The number of imidazole rings is 1. The van der Waals surface area contributed by atoms with Crippen LogP contribution in [-0.4, -0.2) is 28.6 Å². The van der Waals surface area contributed by atoms with Crippen molar-refractivity contribution in [2.24, 2.45) is 5.41 Å². The van der Waals surface area contributed by atoms with Gasteiger partial charge in [-0.05, 0) is 56.0 Å². The molecule has 0 aliphatic rings. The molecule has 1 amide bonds. The Morgan fingerprint density at radius 2 is 1.87 bits per heavy atom. The second-order valence-electron chi connectivity index (χ2n) is 9.15. The third-order valence-electron chi connectivity index (χ3n) is 5.31. The standard InChI is InChI=1S/C26H35N3O2/c1-20-11-9-12-21(19-20)31-18-8-7-17-29-23-14-6-5-13-22(23)28-24(29)15-10-16-27-25(30)26(2,3)4/h5-6,9,11-14,19H,7-8,10,15-18H2,1-4H3,(H,27,30). The summed E-state index contributed by atoms with van der Waals surface area (Å²) in [5, 5.41) is 3.03. The zero-order valence-electron chi connectivity index (χ0n) is 19.3. The SMILES string of the molecule is Cc1cccc(OCCCCn2c(CCCNC(=O)C(C)(C)C)nc3ccccc32)c1. The Labute approximate surface area is 185 Å². The van der Waals surface area contributed by atoms with Gasteiger partial charge in [-0.3, -0.25) is 4.79 Å². The number of fused-ring (bicyclic) bond motifs is 1. The van der Waals surface area contributed by atoms with Crippen LogP contribution in [0, 0.1) is 12.3 Å². The van der Waals surface area contributed by atoms with Crippen molar-refractivity contribution in [2.45, 2.75) is 59.9 Å². The summed E-state index contributed by atoms with van der Waals surface area (Å²) in [7, 11) is 0. The molecule has 1 aromatic heterocycles. The van der Waals surface area contributed by atoms with Gasteiger partial charge in [0.1, 0.15) is 11.6 Å². The minimum atomic E-state index is -0.354. The Balaban J connectivity index is 1.53. The number of para-hydroxylation sites is 2. The lowest BCUT2D eigenvalue weighted by molar-refractivity contribution is -0.128. The van der Waals surface area contributed by atoms with E-state index >= 15 is 0 Å². The second kappa shape index (κ2) is 10.5. The molecule has 0 radical (unpaired) electrons. The molecule has 31 heavy (non-hydrogen) atoms. The van der Waals surface area contributed by atoms with Gasteiger partial charge in [0, 0.05) is 24.9 Å². The zero-order valence-corrected chi connectivity index (χ0v) is 19.3. The van der Waals surface area contributed by atoms with Gasteiger partial charge in [0.25, 0.3) is 0 Å². The van der Waals surface area contributed by atoms with Crippen molar-refractivity contribution in [1.82, 2.24) is 14.9 Å². The number of amides is 1. The minimum Gasteiger partial charge on any atom is -0.494 e. The van der Waals surface area contributed by atoms with Crippen LogP contribution in [0.4, 0.5) is 0 Å². The Morgan fingerprint density at radius 3 is 2.65 bits per heavy atom. The predicted octanol–water partition coefficient (Wildman–Crippen LogP) is 5.30. The minimum absolute atomic E-state index is 0.0922. The van der Waals surface area contributed by atoms with Gasteiger partial charge >= 0.3 is 0 Å². The van der Waals surface area contributed by atoms with Crippen molar-refractivity contribution in [3.8, 4) is 5.75 Å². The smallest absolute Gasteiger partial charge is 0.225 e. The van der Waals surface area contributed by atoms with E-state index < -0.39 is 0 Å². The van der Waals surface area contributed by atoms with Crippen LogP contribution in [0.1, 0.15) is 51.4 Å². The number of carbonyl (C=O) groups is 1. The van der Waals surface area contributed by atoms with Crippen LogP contribution in [0.2, 0.25) is 0 Å². The fourth-order valence-corrected chi connectivity index (χ4v) is 3.55. The van der Waals surface area contributed by atoms with Gasteiger partial charge in [-0.1, -0.05) is 45.0 Å². The lowest BCUT2D eigenvalue weighted by Gasteiger charge is -2.17. The highest BCUT2D eigenvalue weighted by Crippen LogP contribution is 2.19. The van der Waals surface area contributed by atoms with Crippen molar-refractivity contribution >= 4 is 16.9 Å². The van der Waals surface area contributed by atoms with Crippen LogP contribution < -0.4 is 10.1 Å². The quantitative estimate of drug-likeness (QED) is 0.452. The predicted molar refractivity (Wildman–Crippen MR) is 126 cm³/mol. The summed E-state index contributed by atoms with van der Waals surface area (Å²) in [6.07, 6.45) is 3.74. The number of carbonyl (C=O) groups excluding carboxylic acids is 1. The molecule has 0 saturated heterocycles. The summed E-state index contributed by atoms with van der Waals surface area (Å²) in [4.78, 5) is 16.9. The van der Waals surface area contributed by atoms with Crippen LogP contribution in [0.15, 0.2) is 48.5 Å². The molecule has 3 aromatic rings. The van der Waals surface area contributed by atoms with E-state index in [0.29, 0.717) is 13.2 Å². The highest BCUT2D eigenvalue weighted by molar-refractivity contribution is 5.81. The van der Waals surface area contributed by atoms with Gasteiger partial charge in [0.05, 0.1) is 17.6 Å². The molecule has 2 aromatic carbocycles. The maximum absolute atomic E-state index is 12.1. The summed E-state index contributed by atoms with van der Waals surface area (Å²) in [5.74, 6) is 2.12. The molecule has 0 aliphatic heterocycles. The van der Waals surface area contributed by atoms with Crippen molar-refractivity contribution in [2.75, 3.05) is 13.2 Å². The average Bonchev–Trinajstić information content (AvgIpc) is 3.07. The van der Waals surface area contributed by atoms with Crippen molar-refractivity contribution in [3.05, 3.63) is 59.9 Å². The third-order valence-corrected chi connectivity index (χ3v) is 5.31. The highest BCUT2D eigenvalue weighted by atomic mass is 16.5. The van der Waals surface area contributed by atoms with Crippen LogP contribution in [0.5, 0.6) is 5.75 Å². The van der Waals surface area contributed by atoms with E-state index in [-0.39, 0.29) is 11.3 Å². The topological polar surface area (TPSA) is 56.1 Å². The Hall–Kier alpha value is -2.82. The number of hydrogen-bond donors (Lipinski definition) is 1. The molecule has 0 spiro atoms. The zero-order chi connectivity index (χ0) is 22.3. The molecule has 0 unspecified atom stereocenters. The van der Waals surface area contributed by atoms with E-state index in [1.165, 1.54) is 11.1 Å². The molecule has 0 saturated carbocycles. The number of benzene rings is 2. The largest absolute Gasteiger partial charge is 0.494 e. The molecule has 3 rings (SSSR count). The fraction of sp³-hybridized carbons (Fsp3) is 0.462. The van der Waals surface area contributed by atoms with E-state index in [1.54, 1.807) is 0 Å². The molecule has 166 valence electrons. The molecular formula is C26H35N3O2. The Kier molecular flexibility index (Phi) is 7.72. The number of hydrogen-bond acceptors (Lipinski definition) is 3. The molecular weight excluding hydrogens is 386 g/mol. The van der Waals surface area contributed by atoms with Crippen LogP contribution >= 0.6 is 0 Å². The number of ether oxygens (including phenoxy) is 1. The van der Waals surface area contributed by atoms with Gasteiger partial charge in [-0.2, -0.15) is 0 Å². The first-order chi connectivity index (χ1) is 14.8. The summed E-state index contributed by atoms with van der Waals surface area (Å²) >= 11 is 0. The lowest BCUT2D eigenvalue weighted by atomic mass is 9.96. The summed E-state index contributed by atoms with van der Waals surface area (Å²) in [6.45, 7) is 10.2. The first-order valence-corrected chi connectivity index (χ1v) is 11.3. The average molecular weight is 422 g/mol. The lowest BCUT2D eigenvalue weighted by Crippen LogP contribution is -2.35. The van der Waals surface area contributed by atoms with E-state index in [9.17, 15) is 4.79 Å². The Morgan fingerprint density at radius 1 is 1.06 bits per heavy atom. The van der Waals surface area contributed by atoms with E-state index in [1.807, 2.05) is 39.0 Å². The number of unbranched alkanes of at least 4 members (excludes halogenated alkanes) is 1. The number of aromatic nitrogens is 2. The molecule has 1 heterocycles. The maximum atomic E-state index is 12.1. The van der Waals surface area contributed by atoms with Crippen LogP contribution in [-0.2, 0) is 17.8 Å². The van der Waals surface area contributed by atoms with Gasteiger partial charge in [0.15, 0.2) is 0 Å². The first kappa shape index (κ1) is 22.9. The summed E-state index contributed by atoms with van der Waals surface area (Å²) < 4.78 is 8.22. The fourth-order valence-electron chi connectivity index (χ4n) is 3.55. The number of nitrogens with one attached hydrogen (secondary N) is 1.